The topological polar surface area (TPSA) is 35.5 Å². The predicted octanol–water partition coefficient (Wildman–Crippen LogP) is 1.33. The van der Waals surface area contributed by atoms with Crippen LogP contribution in [0, 0.1) is 5.92 Å². The molecule has 0 radical (unpaired) electrons. The Labute approximate surface area is 94.9 Å². The van der Waals surface area contributed by atoms with Crippen molar-refractivity contribution in [2.75, 3.05) is 40.3 Å². The van der Waals surface area contributed by atoms with Crippen molar-refractivity contribution in [2.45, 2.75) is 32.6 Å². The number of nitrogens with zero attached hydrogens (tertiary/aromatic N) is 1. The molecule has 1 atom stereocenters. The largest absolute Gasteiger partial charge is 0.396 e. The van der Waals surface area contributed by atoms with Gasteiger partial charge in [-0.2, -0.15) is 0 Å². The molecule has 3 nitrogen and oxygen atoms in total. The molecule has 0 heterocycles. The van der Waals surface area contributed by atoms with Crippen molar-refractivity contribution in [3.05, 3.63) is 0 Å². The molecule has 0 fully saturated rings. The zero-order valence-corrected chi connectivity index (χ0v) is 10.6. The summed E-state index contributed by atoms with van der Waals surface area (Å²) < 4.78 is 0. The Morgan fingerprint density at radius 1 is 1.27 bits per heavy atom. The van der Waals surface area contributed by atoms with E-state index in [0.717, 1.165) is 26.1 Å². The van der Waals surface area contributed by atoms with Crippen LogP contribution >= 0.6 is 0 Å². The lowest BCUT2D eigenvalue weighted by molar-refractivity contribution is 0.247. The summed E-state index contributed by atoms with van der Waals surface area (Å²) in [5.74, 6) is 0.652. The van der Waals surface area contributed by atoms with Crippen LogP contribution in [0.4, 0.5) is 0 Å². The Kier molecular flexibility index (Phi) is 10.3. The molecule has 3 heteroatoms. The summed E-state index contributed by atoms with van der Waals surface area (Å²) in [7, 11) is 4.21. The van der Waals surface area contributed by atoms with Crippen LogP contribution in [0.1, 0.15) is 32.6 Å². The molecule has 0 saturated carbocycles. The van der Waals surface area contributed by atoms with Crippen LogP contribution in [0.5, 0.6) is 0 Å². The molecular weight excluding hydrogens is 188 g/mol. The first-order chi connectivity index (χ1) is 7.20. The van der Waals surface area contributed by atoms with Gasteiger partial charge in [-0.15, -0.1) is 0 Å². The Morgan fingerprint density at radius 3 is 2.53 bits per heavy atom. The number of aliphatic hydroxyl groups excluding tert-OH is 1. The van der Waals surface area contributed by atoms with Gasteiger partial charge in [0.15, 0.2) is 0 Å². The minimum atomic E-state index is 0.323. The third-order valence-electron chi connectivity index (χ3n) is 2.63. The van der Waals surface area contributed by atoms with Crippen LogP contribution in [0.15, 0.2) is 0 Å². The van der Waals surface area contributed by atoms with Gasteiger partial charge in [0.2, 0.25) is 0 Å². The molecule has 0 aromatic rings. The lowest BCUT2D eigenvalue weighted by Gasteiger charge is -2.16. The normalized spacial score (nSPS) is 13.4. The van der Waals surface area contributed by atoms with E-state index in [1.54, 1.807) is 0 Å². The van der Waals surface area contributed by atoms with Crippen LogP contribution in [-0.4, -0.2) is 50.3 Å². The highest BCUT2D eigenvalue weighted by molar-refractivity contribution is 4.62. The Balaban J connectivity index is 3.36. The first kappa shape index (κ1) is 14.9. The molecule has 0 aliphatic rings. The minimum absolute atomic E-state index is 0.323. The van der Waals surface area contributed by atoms with Gasteiger partial charge in [-0.05, 0) is 58.9 Å². The molecular formula is C12H28N2O. The summed E-state index contributed by atoms with van der Waals surface area (Å²) in [4.78, 5) is 2.21. The lowest BCUT2D eigenvalue weighted by Crippen LogP contribution is -2.26. The highest BCUT2D eigenvalue weighted by Crippen LogP contribution is 2.09. The second-order valence-corrected chi connectivity index (χ2v) is 4.53. The van der Waals surface area contributed by atoms with Crippen molar-refractivity contribution in [3.63, 3.8) is 0 Å². The molecule has 0 saturated heterocycles. The maximum atomic E-state index is 8.90. The van der Waals surface area contributed by atoms with Gasteiger partial charge in [0.05, 0.1) is 0 Å². The fourth-order valence-electron chi connectivity index (χ4n) is 1.77. The van der Waals surface area contributed by atoms with Crippen molar-refractivity contribution in [1.29, 1.82) is 0 Å². The Hall–Kier alpha value is -0.120. The first-order valence-electron chi connectivity index (χ1n) is 6.17. The fourth-order valence-corrected chi connectivity index (χ4v) is 1.77. The van der Waals surface area contributed by atoms with Gasteiger partial charge in [-0.25, -0.2) is 0 Å². The Bertz CT molecular complexity index is 123. The molecule has 92 valence electrons. The van der Waals surface area contributed by atoms with Gasteiger partial charge in [-0.3, -0.25) is 0 Å². The average molecular weight is 216 g/mol. The predicted molar refractivity (Wildman–Crippen MR) is 66.1 cm³/mol. The summed E-state index contributed by atoms with van der Waals surface area (Å²) in [5.41, 5.74) is 0. The summed E-state index contributed by atoms with van der Waals surface area (Å²) in [6, 6.07) is 0. The smallest absolute Gasteiger partial charge is 0.0434 e. The number of aliphatic hydroxyl groups is 1. The second-order valence-electron chi connectivity index (χ2n) is 4.53. The summed E-state index contributed by atoms with van der Waals surface area (Å²) in [6.45, 7) is 5.82. The molecule has 0 aromatic heterocycles. The summed E-state index contributed by atoms with van der Waals surface area (Å²) >= 11 is 0. The molecule has 0 aliphatic carbocycles. The van der Waals surface area contributed by atoms with E-state index in [1.165, 1.54) is 19.3 Å². The minimum Gasteiger partial charge on any atom is -0.396 e. The van der Waals surface area contributed by atoms with E-state index in [9.17, 15) is 0 Å². The lowest BCUT2D eigenvalue weighted by atomic mass is 10.0. The van der Waals surface area contributed by atoms with Crippen molar-refractivity contribution in [3.8, 4) is 0 Å². The van der Waals surface area contributed by atoms with E-state index in [0.29, 0.717) is 12.5 Å². The maximum absolute atomic E-state index is 8.90. The third-order valence-corrected chi connectivity index (χ3v) is 2.63. The zero-order valence-electron chi connectivity index (χ0n) is 10.6. The quantitative estimate of drug-likeness (QED) is 0.541. The Morgan fingerprint density at radius 2 is 2.00 bits per heavy atom. The van der Waals surface area contributed by atoms with Crippen LogP contribution in [0.2, 0.25) is 0 Å². The average Bonchev–Trinajstić information content (AvgIpc) is 2.17. The van der Waals surface area contributed by atoms with Gasteiger partial charge < -0.3 is 15.3 Å². The molecule has 0 aromatic carbocycles. The SMILES string of the molecule is CCCC(CCO)CNCCCN(C)C. The molecule has 15 heavy (non-hydrogen) atoms. The van der Waals surface area contributed by atoms with E-state index in [1.807, 2.05) is 0 Å². The van der Waals surface area contributed by atoms with Crippen molar-refractivity contribution in [1.82, 2.24) is 10.2 Å². The fraction of sp³-hybridized carbons (Fsp3) is 1.00. The zero-order chi connectivity index (χ0) is 11.5. The van der Waals surface area contributed by atoms with E-state index in [-0.39, 0.29) is 0 Å². The van der Waals surface area contributed by atoms with Gasteiger partial charge in [0.1, 0.15) is 0 Å². The molecule has 0 rings (SSSR count). The molecule has 1 unspecified atom stereocenters. The monoisotopic (exact) mass is 216 g/mol. The molecule has 0 aliphatic heterocycles. The van der Waals surface area contributed by atoms with E-state index >= 15 is 0 Å². The van der Waals surface area contributed by atoms with E-state index in [4.69, 9.17) is 5.11 Å². The van der Waals surface area contributed by atoms with E-state index < -0.39 is 0 Å². The summed E-state index contributed by atoms with van der Waals surface area (Å²) in [5, 5.41) is 12.4. The highest BCUT2D eigenvalue weighted by Gasteiger charge is 2.05. The third kappa shape index (κ3) is 10.2. The maximum Gasteiger partial charge on any atom is 0.0434 e. The highest BCUT2D eigenvalue weighted by atomic mass is 16.3. The molecule has 2 N–H and O–H groups in total. The molecule has 0 spiro atoms. The number of nitrogens with one attached hydrogen (secondary N) is 1. The van der Waals surface area contributed by atoms with Crippen molar-refractivity contribution < 1.29 is 5.11 Å². The van der Waals surface area contributed by atoms with Gasteiger partial charge in [0, 0.05) is 6.61 Å². The summed E-state index contributed by atoms with van der Waals surface area (Å²) in [6.07, 6.45) is 4.57. The van der Waals surface area contributed by atoms with Crippen LogP contribution < -0.4 is 5.32 Å². The number of hydrogen-bond acceptors (Lipinski definition) is 3. The van der Waals surface area contributed by atoms with Gasteiger partial charge in [-0.1, -0.05) is 13.3 Å². The molecule has 0 bridgehead atoms. The van der Waals surface area contributed by atoms with Crippen molar-refractivity contribution >= 4 is 0 Å². The van der Waals surface area contributed by atoms with Gasteiger partial charge in [0.25, 0.3) is 0 Å². The standard InChI is InChI=1S/C12H28N2O/c1-4-6-12(7-10-15)11-13-8-5-9-14(2)3/h12-13,15H,4-11H2,1-3H3. The first-order valence-corrected chi connectivity index (χ1v) is 6.17. The number of hydrogen-bond donors (Lipinski definition) is 2. The number of rotatable bonds is 10. The van der Waals surface area contributed by atoms with Crippen LogP contribution in [-0.2, 0) is 0 Å². The van der Waals surface area contributed by atoms with Crippen LogP contribution in [0.3, 0.4) is 0 Å². The van der Waals surface area contributed by atoms with Crippen molar-refractivity contribution in [2.24, 2.45) is 5.92 Å². The second kappa shape index (κ2) is 10.4. The van der Waals surface area contributed by atoms with E-state index in [2.05, 4.69) is 31.2 Å². The van der Waals surface area contributed by atoms with Gasteiger partial charge >= 0.3 is 0 Å². The van der Waals surface area contributed by atoms with Crippen LogP contribution in [0.25, 0.3) is 0 Å². The molecule has 0 amide bonds.